The van der Waals surface area contributed by atoms with Crippen LogP contribution in [-0.2, 0) is 0 Å². The van der Waals surface area contributed by atoms with Crippen LogP contribution >= 0.6 is 23.2 Å². The normalized spacial score (nSPS) is 15.7. The van der Waals surface area contributed by atoms with Crippen LogP contribution in [0.2, 0.25) is 10.2 Å². The van der Waals surface area contributed by atoms with Gasteiger partial charge in [-0.25, -0.2) is 9.67 Å². The molecule has 4 aromatic rings. The maximum atomic E-state index is 9.76. The topological polar surface area (TPSA) is 104 Å². The molecule has 1 saturated carbocycles. The second-order valence-corrected chi connectivity index (χ2v) is 10.8. The van der Waals surface area contributed by atoms with E-state index in [9.17, 15) is 6.63 Å². The van der Waals surface area contributed by atoms with Crippen molar-refractivity contribution in [3.8, 4) is 6.07 Å². The molecule has 8 nitrogen and oxygen atoms in total. The number of hydrogen-bond acceptors (Lipinski definition) is 7. The van der Waals surface area contributed by atoms with Crippen molar-refractivity contribution in [2.75, 3.05) is 17.2 Å². The van der Waals surface area contributed by atoms with Gasteiger partial charge in [0.2, 0.25) is 0 Å². The van der Waals surface area contributed by atoms with Gasteiger partial charge >= 0.3 is 0 Å². The minimum absolute atomic E-state index is 0.0251. The molecule has 5 rings (SSSR count). The summed E-state index contributed by atoms with van der Waals surface area (Å²) in [6, 6.07) is 7.90. The quantitative estimate of drug-likeness (QED) is 0.271. The third kappa shape index (κ3) is 5.08. The fraction of sp³-hybridized carbons (Fsp3) is 0.346. The first-order valence-electron chi connectivity index (χ1n) is 12.2. The van der Waals surface area contributed by atoms with E-state index in [0.29, 0.717) is 56.7 Å². The second-order valence-electron chi connectivity index (χ2n) is 10.1. The molecule has 1 aromatic carbocycles. The molecular formula is C26H26Cl2N8. The van der Waals surface area contributed by atoms with E-state index in [1.165, 1.54) is 6.20 Å². The third-order valence-corrected chi connectivity index (χ3v) is 6.42. The molecule has 10 heteroatoms. The summed E-state index contributed by atoms with van der Waals surface area (Å²) in [6.07, 6.45) is 6.94. The van der Waals surface area contributed by atoms with E-state index in [4.69, 9.17) is 23.2 Å². The van der Waals surface area contributed by atoms with Crippen LogP contribution in [0.1, 0.15) is 63.9 Å². The summed E-state index contributed by atoms with van der Waals surface area (Å²) in [5.41, 5.74) is 2.91. The van der Waals surface area contributed by atoms with Crippen molar-refractivity contribution < 1.29 is 1.37 Å². The number of hydrogen-bond donors (Lipinski definition) is 2. The Balaban J connectivity index is 1.64. The summed E-state index contributed by atoms with van der Waals surface area (Å²) >= 11 is 13.2. The van der Waals surface area contributed by atoms with Gasteiger partial charge in [0.25, 0.3) is 0 Å². The van der Waals surface area contributed by atoms with Crippen molar-refractivity contribution in [3.63, 3.8) is 0 Å². The van der Waals surface area contributed by atoms with Gasteiger partial charge < -0.3 is 10.6 Å². The van der Waals surface area contributed by atoms with Crippen LogP contribution < -0.4 is 10.6 Å². The molecule has 0 radical (unpaired) electrons. The van der Waals surface area contributed by atoms with Gasteiger partial charge in [0, 0.05) is 35.6 Å². The van der Waals surface area contributed by atoms with Crippen molar-refractivity contribution in [1.82, 2.24) is 25.0 Å². The first kappa shape index (κ1) is 23.0. The van der Waals surface area contributed by atoms with Crippen LogP contribution in [-0.4, -0.2) is 31.5 Å². The van der Waals surface area contributed by atoms with E-state index in [0.717, 1.165) is 12.8 Å². The molecule has 0 saturated heterocycles. The molecule has 0 spiro atoms. The molecule has 2 N–H and O–H groups in total. The molecular weight excluding hydrogens is 495 g/mol. The fourth-order valence-electron chi connectivity index (χ4n) is 3.86. The number of rotatable bonds is 7. The number of nitrogens with zero attached hydrogens (tertiary/aromatic N) is 6. The number of halogens is 2. The van der Waals surface area contributed by atoms with Gasteiger partial charge in [0.1, 0.15) is 22.9 Å². The van der Waals surface area contributed by atoms with Crippen molar-refractivity contribution in [2.24, 2.45) is 5.41 Å². The number of pyridine rings is 2. The average molecular weight is 522 g/mol. The monoisotopic (exact) mass is 521 g/mol. The van der Waals surface area contributed by atoms with Crippen LogP contribution in [0, 0.1) is 16.7 Å². The van der Waals surface area contributed by atoms with Crippen molar-refractivity contribution in [2.45, 2.75) is 45.7 Å². The van der Waals surface area contributed by atoms with E-state index >= 15 is 0 Å². The molecule has 1 fully saturated rings. The molecule has 3 aromatic heterocycles. The van der Waals surface area contributed by atoms with Crippen LogP contribution in [0.25, 0.3) is 10.9 Å². The fourth-order valence-corrected chi connectivity index (χ4v) is 4.34. The molecule has 1 atom stereocenters. The molecule has 0 unspecified atom stereocenters. The molecule has 1 aliphatic rings. The summed E-state index contributed by atoms with van der Waals surface area (Å²) < 4.78 is 11.3. The maximum Gasteiger partial charge on any atom is 0.134 e. The molecule has 184 valence electrons. The van der Waals surface area contributed by atoms with E-state index in [1.54, 1.807) is 35.3 Å². The van der Waals surface area contributed by atoms with Crippen LogP contribution in [0.15, 0.2) is 42.9 Å². The summed E-state index contributed by atoms with van der Waals surface area (Å²) in [7, 11) is 0. The molecule has 36 heavy (non-hydrogen) atoms. The smallest absolute Gasteiger partial charge is 0.134 e. The number of anilines is 2. The minimum atomic E-state index is -1.62. The zero-order chi connectivity index (χ0) is 26.4. The highest BCUT2D eigenvalue weighted by Crippen LogP contribution is 2.38. The van der Waals surface area contributed by atoms with Crippen molar-refractivity contribution in [1.29, 1.82) is 5.26 Å². The Labute approximate surface area is 221 Å². The van der Waals surface area contributed by atoms with E-state index in [2.05, 4.69) is 57.8 Å². The Hall–Kier alpha value is -3.41. The number of nitriles is 1. The first-order valence-corrected chi connectivity index (χ1v) is 12.4. The molecule has 3 heterocycles. The van der Waals surface area contributed by atoms with Gasteiger partial charge in [-0.15, -0.1) is 5.10 Å². The lowest BCUT2D eigenvalue weighted by molar-refractivity contribution is 0.443. The Kier molecular flexibility index (Phi) is 6.12. The van der Waals surface area contributed by atoms with Crippen LogP contribution in [0.3, 0.4) is 0 Å². The standard InChI is InChI=1S/C26H26Cl2N8/c1-26(2,3)14-32-22-15(11-29)12-31-23-19(22)9-16(10-20(23)27)33-24(18-5-4-8-30-25(18)28)21-13-36(35-34-21)17-6-7-17/h4-5,8-10,12-13,17,24,33H,6-7,14H2,1-3H3,(H,31,32)/t24-/m0/s1/i24D. The SMILES string of the molecule is [2H][C@@](Nc1cc(Cl)c2ncc(C#N)c(NCC(C)(C)C)c2c1)(c1cn(C2CC2)nn1)c1cccnc1Cl. The minimum Gasteiger partial charge on any atom is -0.383 e. The lowest BCUT2D eigenvalue weighted by Gasteiger charge is -2.22. The number of benzene rings is 1. The van der Waals surface area contributed by atoms with E-state index in [-0.39, 0.29) is 10.6 Å². The zero-order valence-corrected chi connectivity index (χ0v) is 21.7. The molecule has 0 aliphatic heterocycles. The first-order chi connectivity index (χ1) is 17.6. The van der Waals surface area contributed by atoms with Crippen LogP contribution in [0.5, 0.6) is 0 Å². The largest absolute Gasteiger partial charge is 0.383 e. The third-order valence-electron chi connectivity index (χ3n) is 5.83. The summed E-state index contributed by atoms with van der Waals surface area (Å²) in [6.45, 7) is 6.96. The molecule has 1 aliphatic carbocycles. The van der Waals surface area contributed by atoms with Gasteiger partial charge in [0.15, 0.2) is 0 Å². The predicted molar refractivity (Wildman–Crippen MR) is 142 cm³/mol. The number of aromatic nitrogens is 5. The van der Waals surface area contributed by atoms with Crippen molar-refractivity contribution >= 4 is 45.5 Å². The second kappa shape index (κ2) is 9.57. The van der Waals surface area contributed by atoms with E-state index in [1.807, 2.05) is 6.07 Å². The summed E-state index contributed by atoms with van der Waals surface area (Å²) in [5.74, 6) is 0. The predicted octanol–water partition coefficient (Wildman–Crippen LogP) is 6.39. The number of nitrogens with one attached hydrogen (secondary N) is 2. The van der Waals surface area contributed by atoms with Gasteiger partial charge in [-0.2, -0.15) is 5.26 Å². The highest BCUT2D eigenvalue weighted by atomic mass is 35.5. The van der Waals surface area contributed by atoms with E-state index < -0.39 is 6.02 Å². The zero-order valence-electron chi connectivity index (χ0n) is 21.2. The van der Waals surface area contributed by atoms with Crippen LogP contribution in [0.4, 0.5) is 11.4 Å². The lowest BCUT2D eigenvalue weighted by Crippen LogP contribution is -2.20. The number of fused-ring (bicyclic) bond motifs is 1. The summed E-state index contributed by atoms with van der Waals surface area (Å²) in [5, 5.41) is 26.3. The molecule has 0 bridgehead atoms. The van der Waals surface area contributed by atoms with Gasteiger partial charge in [-0.3, -0.25) is 4.98 Å². The highest BCUT2D eigenvalue weighted by molar-refractivity contribution is 6.36. The van der Waals surface area contributed by atoms with Gasteiger partial charge in [-0.1, -0.05) is 55.3 Å². The summed E-state index contributed by atoms with van der Waals surface area (Å²) in [4.78, 5) is 8.61. The molecule has 0 amide bonds. The Morgan fingerprint density at radius 2 is 2.08 bits per heavy atom. The lowest BCUT2D eigenvalue weighted by atomic mass is 9.96. The van der Waals surface area contributed by atoms with Crippen molar-refractivity contribution in [3.05, 3.63) is 69.9 Å². The van der Waals surface area contributed by atoms with Gasteiger partial charge in [0.05, 0.1) is 35.4 Å². The maximum absolute atomic E-state index is 9.76. The van der Waals surface area contributed by atoms with Gasteiger partial charge in [-0.05, 0) is 36.5 Å². The average Bonchev–Trinajstić information content (AvgIpc) is 3.57. The Morgan fingerprint density at radius 3 is 2.78 bits per heavy atom. The highest BCUT2D eigenvalue weighted by Gasteiger charge is 2.28. The Bertz CT molecular complexity index is 1520. The Morgan fingerprint density at radius 1 is 1.28 bits per heavy atom.